The molecule has 0 radical (unpaired) electrons. The molecule has 0 spiro atoms. The van der Waals surface area contributed by atoms with Crippen molar-refractivity contribution in [3.05, 3.63) is 77.2 Å². The number of carboxylic acid groups (broad SMARTS) is 1. The Hall–Kier alpha value is -3.43. The van der Waals surface area contributed by atoms with Gasteiger partial charge in [0.25, 0.3) is 0 Å². The Morgan fingerprint density at radius 3 is 2.31 bits per heavy atom. The molecule has 0 saturated heterocycles. The molecule has 1 aromatic heterocycles. The molecule has 0 bridgehead atoms. The Morgan fingerprint density at radius 2 is 1.81 bits per heavy atom. The first-order chi connectivity index (χ1) is 16.9. The van der Waals surface area contributed by atoms with E-state index in [9.17, 15) is 24.0 Å². The van der Waals surface area contributed by atoms with E-state index < -0.39 is 30.6 Å². The van der Waals surface area contributed by atoms with Crippen LogP contribution in [-0.4, -0.2) is 33.4 Å². The van der Waals surface area contributed by atoms with Gasteiger partial charge in [0.05, 0.1) is 18.5 Å². The monoisotopic (exact) mass is 508 g/mol. The average Bonchev–Trinajstić information content (AvgIpc) is 2.83. The molecule has 3 atom stereocenters. The highest BCUT2D eigenvalue weighted by atomic mass is 31.1. The lowest BCUT2D eigenvalue weighted by atomic mass is 9.75. The van der Waals surface area contributed by atoms with Crippen molar-refractivity contribution in [2.45, 2.75) is 44.4 Å². The molecule has 0 fully saturated rings. The molecular weight excluding hydrogens is 480 g/mol. The van der Waals surface area contributed by atoms with Gasteiger partial charge in [-0.05, 0) is 65.1 Å². The second-order valence-corrected chi connectivity index (χ2v) is 10.5. The van der Waals surface area contributed by atoms with Crippen molar-refractivity contribution in [2.24, 2.45) is 0 Å². The number of rotatable bonds is 8. The Bertz CT molecular complexity index is 1360. The van der Waals surface area contributed by atoms with Crippen LogP contribution in [0.3, 0.4) is 0 Å². The number of halogens is 1. The maximum absolute atomic E-state index is 14.0. The van der Waals surface area contributed by atoms with Crippen molar-refractivity contribution < 1.29 is 28.5 Å². The van der Waals surface area contributed by atoms with Crippen LogP contribution in [0.2, 0.25) is 0 Å². The molecule has 2 aromatic carbocycles. The topological polar surface area (TPSA) is 96.7 Å². The summed E-state index contributed by atoms with van der Waals surface area (Å²) >= 11 is 0. The average molecular weight is 509 g/mol. The lowest BCUT2D eigenvalue weighted by molar-refractivity contribution is -0.145. The summed E-state index contributed by atoms with van der Waals surface area (Å²) < 4.78 is 32.0. The third kappa shape index (κ3) is 4.44. The number of carboxylic acids is 1. The van der Waals surface area contributed by atoms with Gasteiger partial charge in [-0.2, -0.15) is 0 Å². The van der Waals surface area contributed by atoms with Gasteiger partial charge in [-0.25, -0.2) is 9.18 Å². The third-order valence-electron chi connectivity index (χ3n) is 6.29. The molecule has 0 saturated carbocycles. The van der Waals surface area contributed by atoms with Gasteiger partial charge in [0.1, 0.15) is 5.82 Å². The Labute approximate surface area is 211 Å². The standard InChI is InChI=1S/C28H27FNO5P/c1-7-28(26(31)32,36(34)35-6)27(5,33)24-22(21-14-13-20(29)15-18(21)4)16-23(30-25(24)17(2)3)19-11-9-8-10-12-19/h1,8-17,33H,2-6H3/p+1. The number of hydrogen-bond acceptors (Lipinski definition) is 5. The van der Waals surface area contributed by atoms with Gasteiger partial charge in [0.2, 0.25) is 0 Å². The second kappa shape index (κ2) is 10.3. The summed E-state index contributed by atoms with van der Waals surface area (Å²) in [6.07, 6.45) is 5.67. The quantitative estimate of drug-likeness (QED) is 0.285. The first-order valence-electron chi connectivity index (χ1n) is 11.2. The fourth-order valence-corrected chi connectivity index (χ4v) is 5.43. The third-order valence-corrected chi connectivity index (χ3v) is 7.93. The number of aryl methyl sites for hydroxylation is 1. The van der Waals surface area contributed by atoms with Crippen LogP contribution >= 0.6 is 8.03 Å². The molecule has 3 rings (SSSR count). The van der Waals surface area contributed by atoms with E-state index >= 15 is 0 Å². The van der Waals surface area contributed by atoms with Crippen LogP contribution in [0.25, 0.3) is 22.4 Å². The number of hydrogen-bond donors (Lipinski definition) is 2. The van der Waals surface area contributed by atoms with Crippen molar-refractivity contribution in [1.82, 2.24) is 4.98 Å². The van der Waals surface area contributed by atoms with Crippen LogP contribution in [0.15, 0.2) is 54.6 Å². The Kier molecular flexibility index (Phi) is 7.76. The van der Waals surface area contributed by atoms with Crippen molar-refractivity contribution in [3.63, 3.8) is 0 Å². The summed E-state index contributed by atoms with van der Waals surface area (Å²) in [6, 6.07) is 15.2. The first kappa shape index (κ1) is 27.2. The van der Waals surface area contributed by atoms with E-state index in [1.54, 1.807) is 19.1 Å². The lowest BCUT2D eigenvalue weighted by Gasteiger charge is -2.34. The van der Waals surface area contributed by atoms with Gasteiger partial charge in [0, 0.05) is 11.1 Å². The highest BCUT2D eigenvalue weighted by Crippen LogP contribution is 2.54. The second-order valence-electron chi connectivity index (χ2n) is 8.97. The molecule has 2 N–H and O–H groups in total. The van der Waals surface area contributed by atoms with Gasteiger partial charge < -0.3 is 10.2 Å². The van der Waals surface area contributed by atoms with E-state index in [2.05, 4.69) is 5.92 Å². The number of pyridine rings is 1. The van der Waals surface area contributed by atoms with Crippen LogP contribution < -0.4 is 0 Å². The van der Waals surface area contributed by atoms with E-state index in [0.29, 0.717) is 28.1 Å². The van der Waals surface area contributed by atoms with Crippen molar-refractivity contribution in [3.8, 4) is 34.7 Å². The summed E-state index contributed by atoms with van der Waals surface area (Å²) in [4.78, 5) is 17.4. The number of carbonyl (C=O) groups is 1. The minimum Gasteiger partial charge on any atom is -0.477 e. The summed E-state index contributed by atoms with van der Waals surface area (Å²) in [5, 5.41) is 19.6. The fourth-order valence-electron chi connectivity index (χ4n) is 4.43. The number of aliphatic hydroxyl groups is 1. The largest absolute Gasteiger partial charge is 0.543 e. The van der Waals surface area contributed by atoms with Gasteiger partial charge in [-0.1, -0.05) is 50.2 Å². The Morgan fingerprint density at radius 1 is 1.17 bits per heavy atom. The van der Waals surface area contributed by atoms with Crippen LogP contribution in [-0.2, 0) is 19.5 Å². The van der Waals surface area contributed by atoms with Crippen molar-refractivity contribution in [1.29, 1.82) is 0 Å². The summed E-state index contributed by atoms with van der Waals surface area (Å²) in [5.41, 5.74) is 0.881. The predicted octanol–water partition coefficient (Wildman–Crippen LogP) is 6.04. The number of benzene rings is 2. The van der Waals surface area contributed by atoms with Crippen molar-refractivity contribution in [2.75, 3.05) is 7.11 Å². The van der Waals surface area contributed by atoms with E-state index in [0.717, 1.165) is 12.7 Å². The normalized spacial score (nSPS) is 15.0. The van der Waals surface area contributed by atoms with E-state index in [1.807, 2.05) is 44.2 Å². The highest BCUT2D eigenvalue weighted by molar-refractivity contribution is 7.43. The van der Waals surface area contributed by atoms with Gasteiger partial charge in [0.15, 0.2) is 5.60 Å². The molecule has 3 aromatic rings. The molecule has 0 aliphatic carbocycles. The van der Waals surface area contributed by atoms with Crippen LogP contribution in [0, 0.1) is 25.1 Å². The number of aliphatic carboxylic acids is 1. The van der Waals surface area contributed by atoms with Crippen molar-refractivity contribution >= 4 is 14.0 Å². The summed E-state index contributed by atoms with van der Waals surface area (Å²) in [5.74, 6) is -0.359. The summed E-state index contributed by atoms with van der Waals surface area (Å²) in [6.45, 7) is 6.59. The zero-order valence-corrected chi connectivity index (χ0v) is 21.6. The SMILES string of the molecule is C#CC(C(=O)O)([P+](=O)OC)C(C)(O)c1c(-c2ccc(F)cc2C)cc(-c2ccccc2)nc1C(C)C. The number of aromatic nitrogens is 1. The maximum Gasteiger partial charge on any atom is 0.543 e. The molecule has 3 unspecified atom stereocenters. The van der Waals surface area contributed by atoms with Crippen LogP contribution in [0.1, 0.15) is 43.5 Å². The minimum absolute atomic E-state index is 0.0904. The van der Waals surface area contributed by atoms with Gasteiger partial charge in [-0.3, -0.25) is 4.98 Å². The molecule has 8 heteroatoms. The molecule has 36 heavy (non-hydrogen) atoms. The zero-order chi connectivity index (χ0) is 26.8. The van der Waals surface area contributed by atoms with Crippen LogP contribution in [0.4, 0.5) is 4.39 Å². The number of terminal acetylenes is 1. The molecule has 1 heterocycles. The molecule has 0 aliphatic heterocycles. The predicted molar refractivity (Wildman–Crippen MR) is 137 cm³/mol. The van der Waals surface area contributed by atoms with Gasteiger partial charge >= 0.3 is 19.2 Å². The minimum atomic E-state index is -3.08. The van der Waals surface area contributed by atoms with E-state index in [4.69, 9.17) is 15.9 Å². The highest BCUT2D eigenvalue weighted by Gasteiger charge is 2.71. The molecule has 0 aliphatic rings. The Balaban J connectivity index is 2.56. The zero-order valence-electron chi connectivity index (χ0n) is 20.7. The van der Waals surface area contributed by atoms with E-state index in [-0.39, 0.29) is 11.5 Å². The summed E-state index contributed by atoms with van der Waals surface area (Å²) in [7, 11) is -2.01. The first-order valence-corrected chi connectivity index (χ1v) is 12.4. The molecule has 6 nitrogen and oxygen atoms in total. The van der Waals surface area contributed by atoms with Crippen LogP contribution in [0.5, 0.6) is 0 Å². The molecule has 186 valence electrons. The smallest absolute Gasteiger partial charge is 0.477 e. The van der Waals surface area contributed by atoms with E-state index in [1.165, 1.54) is 19.1 Å². The number of nitrogens with zero attached hydrogens (tertiary/aromatic N) is 1. The molecule has 0 amide bonds. The maximum atomic E-state index is 14.0. The van der Waals surface area contributed by atoms with Gasteiger partial charge in [-0.15, -0.1) is 10.9 Å². The molecular formula is C28H28FNO5P+. The lowest BCUT2D eigenvalue weighted by Crippen LogP contribution is -2.53. The fraction of sp³-hybridized carbons (Fsp3) is 0.286.